The molecule has 1 aliphatic rings. The van der Waals surface area contributed by atoms with Crippen LogP contribution in [0.15, 0.2) is 5.38 Å². The van der Waals surface area contributed by atoms with Gasteiger partial charge in [-0.15, -0.1) is 22.9 Å². The quantitative estimate of drug-likeness (QED) is 0.820. The molecular formula is C11H17ClN2S. The van der Waals surface area contributed by atoms with Crippen molar-refractivity contribution in [2.45, 2.75) is 38.0 Å². The molecule has 0 amide bonds. The fourth-order valence-corrected chi connectivity index (χ4v) is 3.16. The van der Waals surface area contributed by atoms with E-state index in [-0.39, 0.29) is 0 Å². The number of aryl methyl sites for hydroxylation is 1. The number of hydrogen-bond donors (Lipinski definition) is 1. The lowest BCUT2D eigenvalue weighted by Crippen LogP contribution is -2.18. The maximum absolute atomic E-state index is 6.22. The molecule has 2 unspecified atom stereocenters. The van der Waals surface area contributed by atoms with Crippen molar-refractivity contribution in [2.24, 2.45) is 5.92 Å². The molecule has 2 nitrogen and oxygen atoms in total. The number of alkyl halides is 1. The van der Waals surface area contributed by atoms with Crippen molar-refractivity contribution in [3.05, 3.63) is 11.1 Å². The second-order valence-corrected chi connectivity index (χ2v) is 5.50. The standard InChI is InChI=1S/C11H17ClN2S/c1-2-9-7-15-11(14-9)13-6-8-4-3-5-10(8)12/h7-8,10H,2-6H2,1H3,(H,13,14). The summed E-state index contributed by atoms with van der Waals surface area (Å²) in [5.74, 6) is 0.626. The van der Waals surface area contributed by atoms with E-state index in [1.807, 2.05) is 0 Å². The Morgan fingerprint density at radius 3 is 3.07 bits per heavy atom. The molecule has 84 valence electrons. The van der Waals surface area contributed by atoms with Crippen LogP contribution >= 0.6 is 22.9 Å². The molecule has 0 aliphatic heterocycles. The number of nitrogens with one attached hydrogen (secondary N) is 1. The Hall–Kier alpha value is -0.280. The first kappa shape index (κ1) is 11.2. The van der Waals surface area contributed by atoms with E-state index in [9.17, 15) is 0 Å². The number of rotatable bonds is 4. The number of aromatic nitrogens is 1. The summed E-state index contributed by atoms with van der Waals surface area (Å²) in [4.78, 5) is 4.48. The Bertz CT molecular complexity index is 313. The molecule has 0 bridgehead atoms. The molecule has 1 aromatic heterocycles. The van der Waals surface area contributed by atoms with Gasteiger partial charge in [0.2, 0.25) is 0 Å². The Morgan fingerprint density at radius 2 is 2.47 bits per heavy atom. The molecular weight excluding hydrogens is 228 g/mol. The average Bonchev–Trinajstić information content (AvgIpc) is 2.84. The van der Waals surface area contributed by atoms with Crippen LogP contribution in [0.3, 0.4) is 0 Å². The molecule has 1 aromatic rings. The first-order valence-corrected chi connectivity index (χ1v) is 6.93. The van der Waals surface area contributed by atoms with Gasteiger partial charge < -0.3 is 5.32 Å². The summed E-state index contributed by atoms with van der Waals surface area (Å²) in [6.45, 7) is 3.11. The normalized spacial score (nSPS) is 25.7. The van der Waals surface area contributed by atoms with Gasteiger partial charge in [-0.25, -0.2) is 4.98 Å². The van der Waals surface area contributed by atoms with E-state index >= 15 is 0 Å². The van der Waals surface area contributed by atoms with Gasteiger partial charge in [0.25, 0.3) is 0 Å². The van der Waals surface area contributed by atoms with Crippen molar-refractivity contribution >= 4 is 28.1 Å². The molecule has 2 atom stereocenters. The van der Waals surface area contributed by atoms with Crippen LogP contribution in [-0.2, 0) is 6.42 Å². The fraction of sp³-hybridized carbons (Fsp3) is 0.727. The molecule has 0 radical (unpaired) electrons. The highest BCUT2D eigenvalue weighted by Crippen LogP contribution is 2.30. The third-order valence-electron chi connectivity index (χ3n) is 3.00. The second kappa shape index (κ2) is 5.17. The number of thiazole rings is 1. The summed E-state index contributed by atoms with van der Waals surface area (Å²) in [6.07, 6.45) is 4.72. The fourth-order valence-electron chi connectivity index (χ4n) is 1.99. The molecule has 0 saturated heterocycles. The van der Waals surface area contributed by atoms with Crippen LogP contribution in [0.2, 0.25) is 0 Å². The molecule has 0 spiro atoms. The predicted molar refractivity (Wildman–Crippen MR) is 67.0 cm³/mol. The Balaban J connectivity index is 1.82. The lowest BCUT2D eigenvalue weighted by Gasteiger charge is -2.13. The summed E-state index contributed by atoms with van der Waals surface area (Å²) >= 11 is 7.91. The van der Waals surface area contributed by atoms with Crippen LogP contribution in [0.4, 0.5) is 5.13 Å². The summed E-state index contributed by atoms with van der Waals surface area (Å²) in [5, 5.41) is 6.92. The highest BCUT2D eigenvalue weighted by molar-refractivity contribution is 7.13. The lowest BCUT2D eigenvalue weighted by molar-refractivity contribution is 0.586. The van der Waals surface area contributed by atoms with Gasteiger partial charge in [0, 0.05) is 17.3 Å². The minimum atomic E-state index is 0.364. The van der Waals surface area contributed by atoms with Crippen molar-refractivity contribution in [3.63, 3.8) is 0 Å². The molecule has 1 fully saturated rings. The zero-order valence-electron chi connectivity index (χ0n) is 9.00. The van der Waals surface area contributed by atoms with Gasteiger partial charge in [-0.2, -0.15) is 0 Å². The molecule has 2 rings (SSSR count). The number of nitrogens with zero attached hydrogens (tertiary/aromatic N) is 1. The van der Waals surface area contributed by atoms with Crippen LogP contribution in [-0.4, -0.2) is 16.9 Å². The molecule has 15 heavy (non-hydrogen) atoms. The van der Waals surface area contributed by atoms with Gasteiger partial charge in [-0.3, -0.25) is 0 Å². The van der Waals surface area contributed by atoms with E-state index in [1.165, 1.54) is 25.0 Å². The number of hydrogen-bond acceptors (Lipinski definition) is 3. The van der Waals surface area contributed by atoms with Crippen molar-refractivity contribution in [3.8, 4) is 0 Å². The number of halogens is 1. The maximum atomic E-state index is 6.22. The first-order valence-electron chi connectivity index (χ1n) is 5.62. The summed E-state index contributed by atoms with van der Waals surface area (Å²) in [6, 6.07) is 0. The van der Waals surface area contributed by atoms with E-state index in [4.69, 9.17) is 11.6 Å². The molecule has 1 N–H and O–H groups in total. The van der Waals surface area contributed by atoms with Gasteiger partial charge in [0.05, 0.1) is 5.69 Å². The largest absolute Gasteiger partial charge is 0.361 e. The van der Waals surface area contributed by atoms with E-state index in [0.29, 0.717) is 11.3 Å². The lowest BCUT2D eigenvalue weighted by atomic mass is 10.1. The molecule has 1 heterocycles. The van der Waals surface area contributed by atoms with Crippen molar-refractivity contribution in [1.82, 2.24) is 4.98 Å². The molecule has 4 heteroatoms. The highest BCUT2D eigenvalue weighted by atomic mass is 35.5. The van der Waals surface area contributed by atoms with Gasteiger partial charge in [0.15, 0.2) is 5.13 Å². The molecule has 1 saturated carbocycles. The zero-order valence-corrected chi connectivity index (χ0v) is 10.6. The SMILES string of the molecule is CCc1csc(NCC2CCCC2Cl)n1. The zero-order chi connectivity index (χ0) is 10.7. The smallest absolute Gasteiger partial charge is 0.182 e. The van der Waals surface area contributed by atoms with E-state index in [2.05, 4.69) is 22.6 Å². The van der Waals surface area contributed by atoms with E-state index in [1.54, 1.807) is 11.3 Å². The van der Waals surface area contributed by atoms with E-state index < -0.39 is 0 Å². The Labute approximate surface area is 100 Å². The topological polar surface area (TPSA) is 24.9 Å². The Kier molecular flexibility index (Phi) is 3.87. The van der Waals surface area contributed by atoms with Gasteiger partial charge in [0.1, 0.15) is 0 Å². The van der Waals surface area contributed by atoms with Gasteiger partial charge in [-0.05, 0) is 25.2 Å². The minimum Gasteiger partial charge on any atom is -0.361 e. The molecule has 0 aromatic carbocycles. The van der Waals surface area contributed by atoms with Crippen molar-refractivity contribution < 1.29 is 0 Å². The van der Waals surface area contributed by atoms with Crippen LogP contribution < -0.4 is 5.32 Å². The third-order valence-corrected chi connectivity index (χ3v) is 4.42. The predicted octanol–water partition coefficient (Wildman–Crippen LogP) is 3.52. The second-order valence-electron chi connectivity index (χ2n) is 4.09. The number of anilines is 1. The van der Waals surface area contributed by atoms with Crippen LogP contribution in [0.25, 0.3) is 0 Å². The monoisotopic (exact) mass is 244 g/mol. The summed E-state index contributed by atoms with van der Waals surface area (Å²) in [7, 11) is 0. The third kappa shape index (κ3) is 2.85. The first-order chi connectivity index (χ1) is 7.29. The maximum Gasteiger partial charge on any atom is 0.182 e. The minimum absolute atomic E-state index is 0.364. The highest BCUT2D eigenvalue weighted by Gasteiger charge is 2.24. The van der Waals surface area contributed by atoms with Gasteiger partial charge in [-0.1, -0.05) is 13.3 Å². The summed E-state index contributed by atoms with van der Waals surface area (Å²) in [5.41, 5.74) is 1.18. The average molecular weight is 245 g/mol. The summed E-state index contributed by atoms with van der Waals surface area (Å²) < 4.78 is 0. The van der Waals surface area contributed by atoms with Crippen LogP contribution in [0, 0.1) is 5.92 Å². The van der Waals surface area contributed by atoms with Crippen LogP contribution in [0.1, 0.15) is 31.9 Å². The van der Waals surface area contributed by atoms with Crippen LogP contribution in [0.5, 0.6) is 0 Å². The van der Waals surface area contributed by atoms with Gasteiger partial charge >= 0.3 is 0 Å². The Morgan fingerprint density at radius 1 is 1.60 bits per heavy atom. The van der Waals surface area contributed by atoms with E-state index in [0.717, 1.165) is 18.1 Å². The molecule has 1 aliphatic carbocycles. The van der Waals surface area contributed by atoms with Crippen molar-refractivity contribution in [1.29, 1.82) is 0 Å². The van der Waals surface area contributed by atoms with Crippen molar-refractivity contribution in [2.75, 3.05) is 11.9 Å².